The molecule has 1 saturated heterocycles. The number of rotatable bonds is 3. The van der Waals surface area contributed by atoms with E-state index in [1.807, 2.05) is 30.3 Å². The minimum atomic E-state index is -3.53. The van der Waals surface area contributed by atoms with Crippen molar-refractivity contribution < 1.29 is 8.42 Å². The Morgan fingerprint density at radius 2 is 1.71 bits per heavy atom. The van der Waals surface area contributed by atoms with Gasteiger partial charge in [0.05, 0.1) is 16.4 Å². The minimum Gasteiger partial charge on any atom is -0.207 e. The zero-order valence-electron chi connectivity index (χ0n) is 13.0. The lowest BCUT2D eigenvalue weighted by Gasteiger charge is -2.36. The van der Waals surface area contributed by atoms with Gasteiger partial charge in [-0.15, -0.1) is 0 Å². The molecule has 0 radical (unpaired) electrons. The third-order valence-electron chi connectivity index (χ3n) is 4.55. The van der Waals surface area contributed by atoms with Gasteiger partial charge in [-0.2, -0.15) is 9.57 Å². The second kappa shape index (κ2) is 6.67. The topological polar surface area (TPSA) is 61.2 Å². The SMILES string of the molecule is N#CC1(c2ccccc2)CCN(S(=O)(=O)c2cccc(Br)c2)CC1. The first-order valence-corrected chi connectivity index (χ1v) is 9.94. The molecule has 3 rings (SSSR count). The fourth-order valence-corrected chi connectivity index (χ4v) is 5.15. The van der Waals surface area contributed by atoms with Gasteiger partial charge >= 0.3 is 0 Å². The summed E-state index contributed by atoms with van der Waals surface area (Å²) in [6.45, 7) is 0.689. The molecule has 24 heavy (non-hydrogen) atoms. The number of hydrogen-bond donors (Lipinski definition) is 0. The van der Waals surface area contributed by atoms with Gasteiger partial charge in [0.15, 0.2) is 0 Å². The van der Waals surface area contributed by atoms with Crippen molar-refractivity contribution in [3.05, 3.63) is 64.6 Å². The van der Waals surface area contributed by atoms with Gasteiger partial charge in [0.2, 0.25) is 10.0 Å². The Labute approximate surface area is 150 Å². The van der Waals surface area contributed by atoms with Gasteiger partial charge in [-0.1, -0.05) is 52.3 Å². The first-order valence-electron chi connectivity index (χ1n) is 7.70. The Bertz CT molecular complexity index is 867. The van der Waals surface area contributed by atoms with Gasteiger partial charge in [0.1, 0.15) is 0 Å². The summed E-state index contributed by atoms with van der Waals surface area (Å²) in [6, 6.07) is 18.8. The van der Waals surface area contributed by atoms with E-state index >= 15 is 0 Å². The van der Waals surface area contributed by atoms with Crippen molar-refractivity contribution in [3.8, 4) is 6.07 Å². The highest BCUT2D eigenvalue weighted by atomic mass is 79.9. The van der Waals surface area contributed by atoms with E-state index in [1.165, 1.54) is 4.31 Å². The first-order chi connectivity index (χ1) is 11.5. The summed E-state index contributed by atoms with van der Waals surface area (Å²) in [4.78, 5) is 0.279. The molecular weight excluding hydrogens is 388 g/mol. The van der Waals surface area contributed by atoms with E-state index in [-0.39, 0.29) is 4.90 Å². The highest BCUT2D eigenvalue weighted by Gasteiger charge is 2.40. The van der Waals surface area contributed by atoms with Gasteiger partial charge in [0.25, 0.3) is 0 Å². The molecule has 1 fully saturated rings. The fourth-order valence-electron chi connectivity index (χ4n) is 3.11. The fraction of sp³-hybridized carbons (Fsp3) is 0.278. The molecule has 4 nitrogen and oxygen atoms in total. The monoisotopic (exact) mass is 404 g/mol. The molecule has 0 N–H and O–H groups in total. The summed E-state index contributed by atoms with van der Waals surface area (Å²) < 4.78 is 27.8. The summed E-state index contributed by atoms with van der Waals surface area (Å²) in [5, 5.41) is 9.71. The van der Waals surface area contributed by atoms with Crippen LogP contribution in [0.5, 0.6) is 0 Å². The van der Waals surface area contributed by atoms with Crippen molar-refractivity contribution in [2.75, 3.05) is 13.1 Å². The smallest absolute Gasteiger partial charge is 0.207 e. The molecule has 2 aromatic carbocycles. The maximum absolute atomic E-state index is 12.8. The van der Waals surface area contributed by atoms with Crippen LogP contribution in [0.25, 0.3) is 0 Å². The molecule has 1 aliphatic rings. The molecule has 1 heterocycles. The minimum absolute atomic E-state index is 0.279. The van der Waals surface area contributed by atoms with Crippen LogP contribution in [-0.2, 0) is 15.4 Å². The molecule has 0 bridgehead atoms. The van der Waals surface area contributed by atoms with Crippen LogP contribution < -0.4 is 0 Å². The van der Waals surface area contributed by atoms with Gasteiger partial charge in [0, 0.05) is 17.6 Å². The Kier molecular flexibility index (Phi) is 4.77. The number of piperidine rings is 1. The zero-order valence-corrected chi connectivity index (χ0v) is 15.4. The highest BCUT2D eigenvalue weighted by Crippen LogP contribution is 2.36. The van der Waals surface area contributed by atoms with Crippen molar-refractivity contribution in [2.24, 2.45) is 0 Å². The lowest BCUT2D eigenvalue weighted by molar-refractivity contribution is 0.277. The van der Waals surface area contributed by atoms with E-state index in [4.69, 9.17) is 0 Å². The third kappa shape index (κ3) is 3.12. The van der Waals surface area contributed by atoms with E-state index in [0.29, 0.717) is 25.9 Å². The second-order valence-corrected chi connectivity index (χ2v) is 8.78. The van der Waals surface area contributed by atoms with Crippen LogP contribution in [0.1, 0.15) is 18.4 Å². The number of sulfonamides is 1. The average molecular weight is 405 g/mol. The van der Waals surface area contributed by atoms with Crippen LogP contribution in [0, 0.1) is 11.3 Å². The lowest BCUT2D eigenvalue weighted by atomic mass is 9.74. The molecular formula is C18H17BrN2O2S. The van der Waals surface area contributed by atoms with Crippen LogP contribution >= 0.6 is 15.9 Å². The number of nitrogens with zero attached hydrogens (tertiary/aromatic N) is 2. The van der Waals surface area contributed by atoms with E-state index in [9.17, 15) is 13.7 Å². The molecule has 0 unspecified atom stereocenters. The summed E-state index contributed by atoms with van der Waals surface area (Å²) in [6.07, 6.45) is 1.00. The van der Waals surface area contributed by atoms with Crippen molar-refractivity contribution in [3.63, 3.8) is 0 Å². The molecule has 6 heteroatoms. The normalized spacial score (nSPS) is 18.0. The van der Waals surface area contributed by atoms with Gasteiger partial charge in [-0.25, -0.2) is 8.42 Å². The van der Waals surface area contributed by atoms with E-state index in [2.05, 4.69) is 22.0 Å². The molecule has 0 amide bonds. The lowest BCUT2D eigenvalue weighted by Crippen LogP contribution is -2.44. The zero-order chi connectivity index (χ0) is 17.2. The van der Waals surface area contributed by atoms with E-state index in [0.717, 1.165) is 10.0 Å². The van der Waals surface area contributed by atoms with Gasteiger partial charge < -0.3 is 0 Å². The Balaban J connectivity index is 1.83. The Morgan fingerprint density at radius 3 is 2.29 bits per heavy atom. The first kappa shape index (κ1) is 17.2. The van der Waals surface area contributed by atoms with Crippen molar-refractivity contribution in [1.82, 2.24) is 4.31 Å². The standard InChI is InChI=1S/C18H17BrN2O2S/c19-16-7-4-8-17(13-16)24(22,23)21-11-9-18(14-20,10-12-21)15-5-2-1-3-6-15/h1-8,13H,9-12H2. The maximum atomic E-state index is 12.8. The predicted molar refractivity (Wildman–Crippen MR) is 95.9 cm³/mol. The summed E-state index contributed by atoms with van der Waals surface area (Å²) in [7, 11) is -3.53. The largest absolute Gasteiger partial charge is 0.243 e. The summed E-state index contributed by atoms with van der Waals surface area (Å²) in [5.74, 6) is 0. The predicted octanol–water partition coefficient (Wildman–Crippen LogP) is 3.70. The van der Waals surface area contributed by atoms with Gasteiger partial charge in [-0.3, -0.25) is 0 Å². The maximum Gasteiger partial charge on any atom is 0.243 e. The molecule has 2 aromatic rings. The van der Waals surface area contributed by atoms with Gasteiger partial charge in [-0.05, 0) is 36.6 Å². The number of benzene rings is 2. The molecule has 0 atom stereocenters. The molecule has 0 spiro atoms. The molecule has 0 aromatic heterocycles. The number of hydrogen-bond acceptors (Lipinski definition) is 3. The second-order valence-electron chi connectivity index (χ2n) is 5.92. The summed E-state index contributed by atoms with van der Waals surface area (Å²) in [5.41, 5.74) is 0.358. The van der Waals surface area contributed by atoms with E-state index in [1.54, 1.807) is 24.3 Å². The average Bonchev–Trinajstić information content (AvgIpc) is 2.62. The molecule has 1 aliphatic heterocycles. The highest BCUT2D eigenvalue weighted by molar-refractivity contribution is 9.10. The van der Waals surface area contributed by atoms with Crippen molar-refractivity contribution in [1.29, 1.82) is 5.26 Å². The summed E-state index contributed by atoms with van der Waals surface area (Å²) >= 11 is 3.31. The van der Waals surface area contributed by atoms with Crippen LogP contribution in [-0.4, -0.2) is 25.8 Å². The van der Waals surface area contributed by atoms with Crippen LogP contribution in [0.15, 0.2) is 64.0 Å². The van der Waals surface area contributed by atoms with Crippen LogP contribution in [0.3, 0.4) is 0 Å². The number of nitriles is 1. The number of halogens is 1. The third-order valence-corrected chi connectivity index (χ3v) is 6.94. The van der Waals surface area contributed by atoms with Crippen molar-refractivity contribution >= 4 is 26.0 Å². The van der Waals surface area contributed by atoms with E-state index < -0.39 is 15.4 Å². The quantitative estimate of drug-likeness (QED) is 0.783. The Hall–Kier alpha value is -1.68. The van der Waals surface area contributed by atoms with Crippen LogP contribution in [0.4, 0.5) is 0 Å². The Morgan fingerprint density at radius 1 is 1.04 bits per heavy atom. The van der Waals surface area contributed by atoms with Crippen molar-refractivity contribution in [2.45, 2.75) is 23.2 Å². The molecule has 0 aliphatic carbocycles. The molecule has 124 valence electrons. The molecule has 0 saturated carbocycles. The van der Waals surface area contributed by atoms with Crippen LogP contribution in [0.2, 0.25) is 0 Å².